The Bertz CT molecular complexity index is 329. The monoisotopic (exact) mass is 273 g/mol. The molecular weight excluding hydrogens is 258 g/mol. The highest BCUT2D eigenvalue weighted by Crippen LogP contribution is 2.31. The second-order valence-electron chi connectivity index (χ2n) is 3.24. The number of methoxy groups -OCH3 is 2. The lowest BCUT2D eigenvalue weighted by molar-refractivity contribution is 0.184. The first-order chi connectivity index (χ1) is 7.22. The van der Waals surface area contributed by atoms with Gasteiger partial charge in [-0.15, -0.1) is 0 Å². The van der Waals surface area contributed by atoms with Crippen molar-refractivity contribution in [2.75, 3.05) is 20.8 Å². The first-order valence-corrected chi connectivity index (χ1v) is 5.56. The van der Waals surface area contributed by atoms with E-state index in [1.807, 2.05) is 6.07 Å². The maximum atomic E-state index is 5.56. The van der Waals surface area contributed by atoms with Crippen molar-refractivity contribution in [3.8, 4) is 5.75 Å². The summed E-state index contributed by atoms with van der Waals surface area (Å²) in [5.41, 5.74) is 7.79. The molecule has 0 atom stereocenters. The summed E-state index contributed by atoms with van der Waals surface area (Å²) >= 11 is 3.48. The lowest BCUT2D eigenvalue weighted by Crippen LogP contribution is -2.05. The summed E-state index contributed by atoms with van der Waals surface area (Å²) in [5, 5.41) is 0. The van der Waals surface area contributed by atoms with Gasteiger partial charge in [-0.3, -0.25) is 0 Å². The van der Waals surface area contributed by atoms with Crippen molar-refractivity contribution >= 4 is 15.9 Å². The fraction of sp³-hybridized carbons (Fsp3) is 0.455. The molecule has 0 saturated carbocycles. The predicted molar refractivity (Wildman–Crippen MR) is 64.2 cm³/mol. The largest absolute Gasteiger partial charge is 0.495 e. The summed E-state index contributed by atoms with van der Waals surface area (Å²) in [4.78, 5) is 0. The Morgan fingerprint density at radius 3 is 2.60 bits per heavy atom. The minimum absolute atomic E-state index is 0.597. The molecule has 2 N–H and O–H groups in total. The molecule has 0 aliphatic rings. The van der Waals surface area contributed by atoms with E-state index in [4.69, 9.17) is 15.2 Å². The van der Waals surface area contributed by atoms with Gasteiger partial charge < -0.3 is 15.2 Å². The third kappa shape index (κ3) is 3.19. The second kappa shape index (κ2) is 6.10. The summed E-state index contributed by atoms with van der Waals surface area (Å²) < 4.78 is 11.4. The van der Waals surface area contributed by atoms with Crippen molar-refractivity contribution in [1.82, 2.24) is 0 Å². The van der Waals surface area contributed by atoms with Crippen LogP contribution in [-0.4, -0.2) is 20.8 Å². The van der Waals surface area contributed by atoms with Crippen molar-refractivity contribution in [2.45, 2.75) is 13.0 Å². The van der Waals surface area contributed by atoms with Gasteiger partial charge in [0.15, 0.2) is 0 Å². The maximum Gasteiger partial charge on any atom is 0.136 e. The SMILES string of the molecule is COCc1cc(Br)c(OC)c(CCN)c1. The lowest BCUT2D eigenvalue weighted by atomic mass is 10.1. The Morgan fingerprint density at radius 1 is 1.33 bits per heavy atom. The van der Waals surface area contributed by atoms with E-state index < -0.39 is 0 Å². The van der Waals surface area contributed by atoms with Crippen LogP contribution in [0.2, 0.25) is 0 Å². The molecule has 0 spiro atoms. The lowest BCUT2D eigenvalue weighted by Gasteiger charge is -2.12. The van der Waals surface area contributed by atoms with E-state index in [9.17, 15) is 0 Å². The Kier molecular flexibility index (Phi) is 5.08. The van der Waals surface area contributed by atoms with Crippen molar-refractivity contribution in [3.05, 3.63) is 27.7 Å². The summed E-state index contributed by atoms with van der Waals surface area (Å²) in [6.07, 6.45) is 0.805. The van der Waals surface area contributed by atoms with Gasteiger partial charge in [0.25, 0.3) is 0 Å². The van der Waals surface area contributed by atoms with Crippen molar-refractivity contribution in [1.29, 1.82) is 0 Å². The molecule has 0 amide bonds. The Balaban J connectivity index is 3.07. The third-order valence-electron chi connectivity index (χ3n) is 2.11. The topological polar surface area (TPSA) is 44.5 Å². The summed E-state index contributed by atoms with van der Waals surface area (Å²) in [6, 6.07) is 4.07. The zero-order valence-electron chi connectivity index (χ0n) is 9.05. The highest BCUT2D eigenvalue weighted by Gasteiger charge is 2.09. The van der Waals surface area contributed by atoms with Crippen molar-refractivity contribution in [3.63, 3.8) is 0 Å². The van der Waals surface area contributed by atoms with E-state index in [2.05, 4.69) is 22.0 Å². The second-order valence-corrected chi connectivity index (χ2v) is 4.10. The summed E-state index contributed by atoms with van der Waals surface area (Å²) in [6.45, 7) is 1.21. The third-order valence-corrected chi connectivity index (χ3v) is 2.70. The van der Waals surface area contributed by atoms with Crippen molar-refractivity contribution < 1.29 is 9.47 Å². The zero-order chi connectivity index (χ0) is 11.3. The van der Waals surface area contributed by atoms with Gasteiger partial charge in [-0.25, -0.2) is 0 Å². The van der Waals surface area contributed by atoms with Gasteiger partial charge >= 0.3 is 0 Å². The molecule has 84 valence electrons. The van der Waals surface area contributed by atoms with Gasteiger partial charge in [-0.2, -0.15) is 0 Å². The van der Waals surface area contributed by atoms with E-state index >= 15 is 0 Å². The molecule has 0 aliphatic heterocycles. The van der Waals surface area contributed by atoms with Crippen LogP contribution in [0.1, 0.15) is 11.1 Å². The minimum atomic E-state index is 0.597. The van der Waals surface area contributed by atoms with Crippen LogP contribution in [0.25, 0.3) is 0 Å². The van der Waals surface area contributed by atoms with Crippen LogP contribution in [0.5, 0.6) is 5.75 Å². The van der Waals surface area contributed by atoms with Gasteiger partial charge in [0.1, 0.15) is 5.75 Å². The smallest absolute Gasteiger partial charge is 0.136 e. The number of rotatable bonds is 5. The van der Waals surface area contributed by atoms with E-state index in [-0.39, 0.29) is 0 Å². The molecule has 4 heteroatoms. The first-order valence-electron chi connectivity index (χ1n) is 4.77. The molecule has 15 heavy (non-hydrogen) atoms. The highest BCUT2D eigenvalue weighted by molar-refractivity contribution is 9.10. The van der Waals surface area contributed by atoms with E-state index in [0.717, 1.165) is 27.8 Å². The van der Waals surface area contributed by atoms with Crippen LogP contribution >= 0.6 is 15.9 Å². The average Bonchev–Trinajstić information content (AvgIpc) is 2.18. The average molecular weight is 274 g/mol. The van der Waals surface area contributed by atoms with Gasteiger partial charge in [-0.1, -0.05) is 0 Å². The fourth-order valence-electron chi connectivity index (χ4n) is 1.53. The number of ether oxygens (including phenoxy) is 2. The van der Waals surface area contributed by atoms with Crippen LogP contribution in [0.15, 0.2) is 16.6 Å². The molecule has 0 radical (unpaired) electrons. The molecule has 1 rings (SSSR count). The van der Waals surface area contributed by atoms with Gasteiger partial charge in [0.2, 0.25) is 0 Å². The molecule has 3 nitrogen and oxygen atoms in total. The molecule has 0 aromatic heterocycles. The maximum absolute atomic E-state index is 5.56. The predicted octanol–water partition coefficient (Wildman–Crippen LogP) is 2.11. The van der Waals surface area contributed by atoms with E-state index in [1.165, 1.54) is 0 Å². The highest BCUT2D eigenvalue weighted by atomic mass is 79.9. The van der Waals surface area contributed by atoms with E-state index in [1.54, 1.807) is 14.2 Å². The van der Waals surface area contributed by atoms with Crippen LogP contribution in [0, 0.1) is 0 Å². The number of hydrogen-bond acceptors (Lipinski definition) is 3. The minimum Gasteiger partial charge on any atom is -0.495 e. The van der Waals surface area contributed by atoms with Crippen LogP contribution < -0.4 is 10.5 Å². The fourth-order valence-corrected chi connectivity index (χ4v) is 2.24. The number of halogens is 1. The Morgan fingerprint density at radius 2 is 2.07 bits per heavy atom. The molecular formula is C11H16BrNO2. The first kappa shape index (κ1) is 12.5. The normalized spacial score (nSPS) is 10.4. The molecule has 0 heterocycles. The van der Waals surface area contributed by atoms with Crippen LogP contribution in [0.3, 0.4) is 0 Å². The van der Waals surface area contributed by atoms with Gasteiger partial charge in [0.05, 0.1) is 18.2 Å². The summed E-state index contributed by atoms with van der Waals surface area (Å²) in [7, 11) is 3.34. The number of benzene rings is 1. The molecule has 1 aromatic carbocycles. The molecule has 0 aliphatic carbocycles. The van der Waals surface area contributed by atoms with Gasteiger partial charge in [0, 0.05) is 7.11 Å². The molecule has 1 aromatic rings. The molecule has 0 bridgehead atoms. The Hall–Kier alpha value is -0.580. The molecule has 0 saturated heterocycles. The molecule has 0 fully saturated rings. The molecule has 0 unspecified atom stereocenters. The number of hydrogen-bond donors (Lipinski definition) is 1. The zero-order valence-corrected chi connectivity index (χ0v) is 10.6. The van der Waals surface area contributed by atoms with Crippen LogP contribution in [0.4, 0.5) is 0 Å². The van der Waals surface area contributed by atoms with E-state index in [0.29, 0.717) is 13.2 Å². The number of nitrogens with two attached hydrogens (primary N) is 1. The van der Waals surface area contributed by atoms with Gasteiger partial charge in [-0.05, 0) is 52.2 Å². The Labute approximate surface area is 98.7 Å². The van der Waals surface area contributed by atoms with Crippen molar-refractivity contribution in [2.24, 2.45) is 5.73 Å². The quantitative estimate of drug-likeness (QED) is 0.894. The van der Waals surface area contributed by atoms with Crippen LogP contribution in [-0.2, 0) is 17.8 Å². The summed E-state index contributed by atoms with van der Waals surface area (Å²) in [5.74, 6) is 0.861. The standard InChI is InChI=1S/C11H16BrNO2/c1-14-7-8-5-9(3-4-13)11(15-2)10(12)6-8/h5-6H,3-4,7,13H2,1-2H3.